The number of nitrogens with zero attached hydrogens (tertiary/aromatic N) is 5. The summed E-state index contributed by atoms with van der Waals surface area (Å²) in [5, 5.41) is 0. The molecule has 1 spiro atoms. The zero-order valence-corrected chi connectivity index (χ0v) is 14.3. The molecule has 4 heterocycles. The summed E-state index contributed by atoms with van der Waals surface area (Å²) in [7, 11) is 0. The first-order valence-corrected chi connectivity index (χ1v) is 8.98. The minimum atomic E-state index is -0.0313. The van der Waals surface area contributed by atoms with E-state index in [-0.39, 0.29) is 11.4 Å². The first kappa shape index (κ1) is 16.0. The molecule has 0 aromatic carbocycles. The van der Waals surface area contributed by atoms with Gasteiger partial charge >= 0.3 is 0 Å². The highest BCUT2D eigenvalue weighted by molar-refractivity contribution is 5.79. The smallest absolute Gasteiger partial charge is 0.225 e. The third kappa shape index (κ3) is 3.21. The molecule has 6 heteroatoms. The Kier molecular flexibility index (Phi) is 4.34. The number of anilines is 1. The molecule has 0 saturated carbocycles. The Balaban J connectivity index is 1.53. The van der Waals surface area contributed by atoms with Crippen molar-refractivity contribution in [3.8, 4) is 0 Å². The average molecular weight is 337 g/mol. The summed E-state index contributed by atoms with van der Waals surface area (Å²) in [5.74, 6) is 1.07. The van der Waals surface area contributed by atoms with Crippen LogP contribution in [0.2, 0.25) is 0 Å². The van der Waals surface area contributed by atoms with Crippen LogP contribution in [-0.4, -0.2) is 44.4 Å². The van der Waals surface area contributed by atoms with Crippen molar-refractivity contribution in [1.82, 2.24) is 19.9 Å². The molecule has 2 aromatic heterocycles. The van der Waals surface area contributed by atoms with Gasteiger partial charge in [0, 0.05) is 56.4 Å². The van der Waals surface area contributed by atoms with Crippen LogP contribution in [0, 0.1) is 0 Å². The summed E-state index contributed by atoms with van der Waals surface area (Å²) in [6, 6.07) is 5.82. The van der Waals surface area contributed by atoms with Crippen molar-refractivity contribution < 1.29 is 4.79 Å². The number of aromatic nitrogens is 3. The molecule has 2 aliphatic rings. The van der Waals surface area contributed by atoms with Gasteiger partial charge in [-0.3, -0.25) is 9.78 Å². The summed E-state index contributed by atoms with van der Waals surface area (Å²) in [6.45, 7) is 2.50. The molecule has 2 aromatic rings. The van der Waals surface area contributed by atoms with E-state index in [1.54, 1.807) is 18.6 Å². The second-order valence-electron chi connectivity index (χ2n) is 6.95. The van der Waals surface area contributed by atoms with E-state index in [1.165, 1.54) is 0 Å². The second kappa shape index (κ2) is 6.78. The maximum atomic E-state index is 12.6. The zero-order chi connectivity index (χ0) is 17.1. The molecule has 0 N–H and O–H groups in total. The molecule has 1 atom stereocenters. The maximum Gasteiger partial charge on any atom is 0.225 e. The molecule has 4 rings (SSSR count). The van der Waals surface area contributed by atoms with E-state index in [9.17, 15) is 4.79 Å². The number of hydrogen-bond acceptors (Lipinski definition) is 5. The van der Waals surface area contributed by atoms with Gasteiger partial charge in [-0.05, 0) is 43.4 Å². The van der Waals surface area contributed by atoms with Crippen molar-refractivity contribution in [2.24, 2.45) is 0 Å². The summed E-state index contributed by atoms with van der Waals surface area (Å²) in [6.07, 6.45) is 11.9. The van der Waals surface area contributed by atoms with E-state index in [4.69, 9.17) is 0 Å². The number of amides is 1. The summed E-state index contributed by atoms with van der Waals surface area (Å²) >= 11 is 0. The van der Waals surface area contributed by atoms with E-state index in [2.05, 4.69) is 24.8 Å². The third-order valence-electron chi connectivity index (χ3n) is 5.49. The number of rotatable bonds is 3. The molecule has 6 nitrogen and oxygen atoms in total. The van der Waals surface area contributed by atoms with E-state index in [0.29, 0.717) is 13.0 Å². The fourth-order valence-corrected chi connectivity index (χ4v) is 4.16. The Hall–Kier alpha value is -2.50. The maximum absolute atomic E-state index is 12.6. The van der Waals surface area contributed by atoms with Gasteiger partial charge in [0.25, 0.3) is 0 Å². The van der Waals surface area contributed by atoms with Crippen LogP contribution >= 0.6 is 0 Å². The number of carbonyl (C=O) groups is 1. The van der Waals surface area contributed by atoms with Gasteiger partial charge in [-0.25, -0.2) is 9.97 Å². The monoisotopic (exact) mass is 337 g/mol. The molecular formula is C19H23N5O. The highest BCUT2D eigenvalue weighted by Crippen LogP contribution is 2.40. The lowest BCUT2D eigenvalue weighted by molar-refractivity contribution is -0.132. The standard InChI is InChI=1S/C19H23N5O/c25-17-5-7-19(24(17)15-16-4-1-9-20-14-16)6-2-12-23(13-8-19)18-21-10-3-11-22-18/h1,3-4,9-11,14H,2,5-8,12-13,15H2/t19-/m1/s1. The van der Waals surface area contributed by atoms with Gasteiger partial charge in [0.15, 0.2) is 0 Å². The van der Waals surface area contributed by atoms with Crippen molar-refractivity contribution in [2.75, 3.05) is 18.0 Å². The van der Waals surface area contributed by atoms with E-state index in [0.717, 1.165) is 50.3 Å². The zero-order valence-electron chi connectivity index (χ0n) is 14.3. The lowest BCUT2D eigenvalue weighted by atomic mass is 9.87. The summed E-state index contributed by atoms with van der Waals surface area (Å²) in [4.78, 5) is 29.9. The van der Waals surface area contributed by atoms with Crippen LogP contribution in [0.15, 0.2) is 43.0 Å². The quantitative estimate of drug-likeness (QED) is 0.861. The summed E-state index contributed by atoms with van der Waals surface area (Å²) in [5.41, 5.74) is 1.07. The third-order valence-corrected chi connectivity index (χ3v) is 5.49. The Morgan fingerprint density at radius 1 is 1.04 bits per heavy atom. The Labute approximate surface area is 147 Å². The predicted octanol–water partition coefficient (Wildman–Crippen LogP) is 2.42. The molecule has 1 amide bonds. The second-order valence-corrected chi connectivity index (χ2v) is 6.95. The van der Waals surface area contributed by atoms with Crippen LogP contribution in [0.25, 0.3) is 0 Å². The molecule has 0 radical (unpaired) electrons. The lowest BCUT2D eigenvalue weighted by Crippen LogP contribution is -2.46. The van der Waals surface area contributed by atoms with Crippen molar-refractivity contribution >= 4 is 11.9 Å². The van der Waals surface area contributed by atoms with Crippen molar-refractivity contribution in [3.05, 3.63) is 48.5 Å². The van der Waals surface area contributed by atoms with Gasteiger partial charge in [0.2, 0.25) is 11.9 Å². The molecule has 25 heavy (non-hydrogen) atoms. The number of hydrogen-bond donors (Lipinski definition) is 0. The minimum absolute atomic E-state index is 0.0313. The SMILES string of the molecule is O=C1CC[C@@]2(CCCN(c3ncccn3)CC2)N1Cc1cccnc1. The first-order chi connectivity index (χ1) is 12.3. The van der Waals surface area contributed by atoms with Gasteiger partial charge in [0.1, 0.15) is 0 Å². The molecular weight excluding hydrogens is 314 g/mol. The fraction of sp³-hybridized carbons (Fsp3) is 0.474. The highest BCUT2D eigenvalue weighted by Gasteiger charge is 2.45. The predicted molar refractivity (Wildman–Crippen MR) is 94.8 cm³/mol. The van der Waals surface area contributed by atoms with E-state index >= 15 is 0 Å². The fourth-order valence-electron chi connectivity index (χ4n) is 4.16. The van der Waals surface area contributed by atoms with Gasteiger partial charge in [-0.1, -0.05) is 6.07 Å². The van der Waals surface area contributed by atoms with Crippen LogP contribution in [0.4, 0.5) is 5.95 Å². The van der Waals surface area contributed by atoms with Crippen molar-refractivity contribution in [2.45, 2.75) is 44.2 Å². The Bertz CT molecular complexity index is 723. The minimum Gasteiger partial charge on any atom is -0.341 e. The number of pyridine rings is 1. The lowest BCUT2D eigenvalue weighted by Gasteiger charge is -2.38. The molecule has 0 unspecified atom stereocenters. The van der Waals surface area contributed by atoms with Crippen LogP contribution in [-0.2, 0) is 11.3 Å². The topological polar surface area (TPSA) is 62.2 Å². The van der Waals surface area contributed by atoms with E-state index < -0.39 is 0 Å². The van der Waals surface area contributed by atoms with Crippen molar-refractivity contribution in [3.63, 3.8) is 0 Å². The largest absolute Gasteiger partial charge is 0.341 e. The number of carbonyl (C=O) groups excluding carboxylic acids is 1. The number of likely N-dealkylation sites (tertiary alicyclic amines) is 1. The van der Waals surface area contributed by atoms with Crippen LogP contribution in [0.5, 0.6) is 0 Å². The molecule has 0 aliphatic carbocycles. The van der Waals surface area contributed by atoms with Crippen LogP contribution < -0.4 is 4.90 Å². The highest BCUT2D eigenvalue weighted by atomic mass is 16.2. The van der Waals surface area contributed by atoms with Gasteiger partial charge in [0.05, 0.1) is 0 Å². The average Bonchev–Trinajstić information content (AvgIpc) is 2.84. The van der Waals surface area contributed by atoms with Crippen LogP contribution in [0.1, 0.15) is 37.7 Å². The Morgan fingerprint density at radius 2 is 1.92 bits per heavy atom. The van der Waals surface area contributed by atoms with Gasteiger partial charge in [-0.15, -0.1) is 0 Å². The van der Waals surface area contributed by atoms with E-state index in [1.807, 2.05) is 24.4 Å². The van der Waals surface area contributed by atoms with Gasteiger partial charge in [-0.2, -0.15) is 0 Å². The Morgan fingerprint density at radius 3 is 2.72 bits per heavy atom. The molecule has 2 fully saturated rings. The van der Waals surface area contributed by atoms with Crippen LogP contribution in [0.3, 0.4) is 0 Å². The molecule has 0 bridgehead atoms. The molecule has 2 aliphatic heterocycles. The summed E-state index contributed by atoms with van der Waals surface area (Å²) < 4.78 is 0. The van der Waals surface area contributed by atoms with Gasteiger partial charge < -0.3 is 9.80 Å². The normalized spacial score (nSPS) is 23.9. The molecule has 130 valence electrons. The van der Waals surface area contributed by atoms with Crippen molar-refractivity contribution in [1.29, 1.82) is 0 Å². The first-order valence-electron chi connectivity index (χ1n) is 8.98. The molecule has 2 saturated heterocycles.